The van der Waals surface area contributed by atoms with Crippen LogP contribution >= 0.6 is 0 Å². The van der Waals surface area contributed by atoms with Gasteiger partial charge in [-0.15, -0.1) is 0 Å². The molecule has 0 heterocycles. The van der Waals surface area contributed by atoms with E-state index in [0.717, 1.165) is 6.07 Å². The number of methoxy groups -OCH3 is 1. The second-order valence-electron chi connectivity index (χ2n) is 4.58. The fourth-order valence-electron chi connectivity index (χ4n) is 2.09. The first kappa shape index (κ1) is 14.2. The number of anilines is 1. The van der Waals surface area contributed by atoms with Crippen molar-refractivity contribution in [3.8, 4) is 0 Å². The summed E-state index contributed by atoms with van der Waals surface area (Å²) in [5, 5.41) is 22.6. The molecule has 8 heteroatoms. The summed E-state index contributed by atoms with van der Waals surface area (Å²) < 4.78 is 18.5. The van der Waals surface area contributed by atoms with Gasteiger partial charge in [0.05, 0.1) is 22.7 Å². The van der Waals surface area contributed by atoms with Gasteiger partial charge in [-0.25, -0.2) is 9.18 Å². The second-order valence-corrected chi connectivity index (χ2v) is 4.58. The molecule has 1 aliphatic rings. The van der Waals surface area contributed by atoms with Crippen LogP contribution in [0, 0.1) is 15.9 Å². The smallest absolute Gasteiger partial charge is 0.338 e. The first-order valence-electron chi connectivity index (χ1n) is 5.93. The van der Waals surface area contributed by atoms with E-state index in [-0.39, 0.29) is 17.8 Å². The summed E-state index contributed by atoms with van der Waals surface area (Å²) in [5.41, 5.74) is -1.07. The normalized spacial score (nSPS) is 21.1. The van der Waals surface area contributed by atoms with Crippen LogP contribution < -0.4 is 5.32 Å². The Morgan fingerprint density at radius 2 is 2.20 bits per heavy atom. The lowest BCUT2D eigenvalue weighted by atomic mass is 9.89. The largest absolute Gasteiger partial charge is 0.478 e. The molecule has 0 bridgehead atoms. The zero-order valence-corrected chi connectivity index (χ0v) is 10.6. The molecule has 108 valence electrons. The summed E-state index contributed by atoms with van der Waals surface area (Å²) in [7, 11) is 1.57. The molecule has 7 nitrogen and oxygen atoms in total. The van der Waals surface area contributed by atoms with Crippen molar-refractivity contribution in [3.05, 3.63) is 33.6 Å². The average Bonchev–Trinajstić information content (AvgIpc) is 2.33. The summed E-state index contributed by atoms with van der Waals surface area (Å²) >= 11 is 0. The minimum absolute atomic E-state index is 0.00773. The molecule has 0 aromatic heterocycles. The van der Waals surface area contributed by atoms with Crippen molar-refractivity contribution < 1.29 is 24.0 Å². The molecule has 0 radical (unpaired) electrons. The molecule has 0 atom stereocenters. The minimum atomic E-state index is -1.47. The number of carboxylic acids is 1. The van der Waals surface area contributed by atoms with Gasteiger partial charge in [-0.05, 0) is 18.9 Å². The van der Waals surface area contributed by atoms with Crippen LogP contribution in [-0.2, 0) is 4.74 Å². The molecule has 1 saturated carbocycles. The van der Waals surface area contributed by atoms with Gasteiger partial charge in [-0.1, -0.05) is 0 Å². The summed E-state index contributed by atoms with van der Waals surface area (Å²) in [4.78, 5) is 21.0. The third-order valence-corrected chi connectivity index (χ3v) is 3.30. The molecule has 1 aliphatic carbocycles. The van der Waals surface area contributed by atoms with E-state index in [1.807, 2.05) is 0 Å². The highest BCUT2D eigenvalue weighted by molar-refractivity contribution is 5.90. The average molecular weight is 284 g/mol. The quantitative estimate of drug-likeness (QED) is 0.633. The lowest BCUT2D eigenvalue weighted by Gasteiger charge is -2.35. The Morgan fingerprint density at radius 1 is 1.55 bits per heavy atom. The number of ether oxygens (including phenoxy) is 1. The molecule has 0 amide bonds. The van der Waals surface area contributed by atoms with Gasteiger partial charge in [0.25, 0.3) is 5.69 Å². The zero-order valence-electron chi connectivity index (χ0n) is 10.6. The van der Waals surface area contributed by atoms with Gasteiger partial charge in [-0.3, -0.25) is 10.1 Å². The third kappa shape index (κ3) is 2.69. The number of hydrogen-bond acceptors (Lipinski definition) is 5. The van der Waals surface area contributed by atoms with Crippen LogP contribution in [0.3, 0.4) is 0 Å². The molecule has 20 heavy (non-hydrogen) atoms. The number of aromatic carboxylic acids is 1. The van der Waals surface area contributed by atoms with Gasteiger partial charge in [0, 0.05) is 13.2 Å². The van der Waals surface area contributed by atoms with E-state index in [1.165, 1.54) is 0 Å². The lowest BCUT2D eigenvalue weighted by molar-refractivity contribution is -0.384. The maximum atomic E-state index is 13.5. The molecule has 1 aromatic carbocycles. The topological polar surface area (TPSA) is 102 Å². The first-order chi connectivity index (χ1) is 9.42. The third-order valence-electron chi connectivity index (χ3n) is 3.30. The number of nitrogens with one attached hydrogen (secondary N) is 1. The number of hydrogen-bond donors (Lipinski definition) is 2. The molecular formula is C12H13FN2O5. The summed E-state index contributed by atoms with van der Waals surface area (Å²) in [5.74, 6) is -2.60. The van der Waals surface area contributed by atoms with Crippen LogP contribution in [0.4, 0.5) is 15.8 Å². The Morgan fingerprint density at radius 3 is 2.70 bits per heavy atom. The van der Waals surface area contributed by atoms with E-state index >= 15 is 0 Å². The molecule has 2 N–H and O–H groups in total. The van der Waals surface area contributed by atoms with Crippen LogP contribution in [0.25, 0.3) is 0 Å². The number of benzene rings is 1. The van der Waals surface area contributed by atoms with E-state index in [9.17, 15) is 19.3 Å². The van der Waals surface area contributed by atoms with E-state index in [1.54, 1.807) is 7.11 Å². The van der Waals surface area contributed by atoms with Crippen molar-refractivity contribution >= 4 is 17.3 Å². The van der Waals surface area contributed by atoms with Crippen LogP contribution in [0.2, 0.25) is 0 Å². The number of rotatable bonds is 5. The Kier molecular flexibility index (Phi) is 3.84. The van der Waals surface area contributed by atoms with Crippen molar-refractivity contribution in [1.29, 1.82) is 0 Å². The number of halogens is 1. The Bertz CT molecular complexity index is 557. The van der Waals surface area contributed by atoms with E-state index < -0.39 is 28.0 Å². The van der Waals surface area contributed by atoms with Gasteiger partial charge in [-0.2, -0.15) is 0 Å². The molecule has 1 fully saturated rings. The number of carboxylic acid groups (broad SMARTS) is 1. The Hall–Kier alpha value is -2.22. The number of carbonyl (C=O) groups is 1. The fraction of sp³-hybridized carbons (Fsp3) is 0.417. The molecule has 0 aliphatic heterocycles. The Balaban J connectivity index is 2.27. The summed E-state index contributed by atoms with van der Waals surface area (Å²) in [6.45, 7) is 0. The van der Waals surface area contributed by atoms with E-state index in [4.69, 9.17) is 9.84 Å². The second kappa shape index (κ2) is 5.41. The standard InChI is InChI=1S/C12H13FN2O5/c1-20-7-2-6(3-7)14-10-4-8(12(16)17)9(13)5-11(10)15(18)19/h4-7,14H,2-3H2,1H3,(H,16,17). The van der Waals surface area contributed by atoms with Gasteiger partial charge in [0.2, 0.25) is 0 Å². The first-order valence-corrected chi connectivity index (χ1v) is 5.93. The van der Waals surface area contributed by atoms with Gasteiger partial charge < -0.3 is 15.2 Å². The van der Waals surface area contributed by atoms with Crippen molar-refractivity contribution in [2.75, 3.05) is 12.4 Å². The van der Waals surface area contributed by atoms with Crippen molar-refractivity contribution in [1.82, 2.24) is 0 Å². The van der Waals surface area contributed by atoms with Crippen molar-refractivity contribution in [3.63, 3.8) is 0 Å². The maximum Gasteiger partial charge on any atom is 0.338 e. The minimum Gasteiger partial charge on any atom is -0.478 e. The van der Waals surface area contributed by atoms with Gasteiger partial charge in [0.1, 0.15) is 11.5 Å². The number of nitro groups is 1. The molecule has 2 rings (SSSR count). The van der Waals surface area contributed by atoms with Crippen LogP contribution in [-0.4, -0.2) is 35.3 Å². The summed E-state index contributed by atoms with van der Waals surface area (Å²) in [6.07, 6.45) is 1.41. The fourth-order valence-corrected chi connectivity index (χ4v) is 2.09. The lowest BCUT2D eigenvalue weighted by Crippen LogP contribution is -2.40. The van der Waals surface area contributed by atoms with Crippen molar-refractivity contribution in [2.45, 2.75) is 25.0 Å². The molecule has 0 spiro atoms. The molecule has 0 unspecified atom stereocenters. The van der Waals surface area contributed by atoms with Crippen LogP contribution in [0.1, 0.15) is 23.2 Å². The van der Waals surface area contributed by atoms with Crippen LogP contribution in [0.5, 0.6) is 0 Å². The molecule has 0 saturated heterocycles. The van der Waals surface area contributed by atoms with E-state index in [2.05, 4.69) is 5.32 Å². The molecule has 1 aromatic rings. The predicted octanol–water partition coefficient (Wildman–Crippen LogP) is 2.02. The van der Waals surface area contributed by atoms with Gasteiger partial charge >= 0.3 is 5.97 Å². The van der Waals surface area contributed by atoms with Gasteiger partial charge in [0.15, 0.2) is 0 Å². The number of nitrogens with zero attached hydrogens (tertiary/aromatic N) is 1. The maximum absolute atomic E-state index is 13.5. The zero-order chi connectivity index (χ0) is 14.9. The summed E-state index contributed by atoms with van der Waals surface area (Å²) in [6, 6.07) is 1.53. The van der Waals surface area contributed by atoms with Crippen LogP contribution in [0.15, 0.2) is 12.1 Å². The SMILES string of the molecule is COC1CC(Nc2cc(C(=O)O)c(F)cc2[N+](=O)[O-])C1. The number of nitro benzene ring substituents is 1. The highest BCUT2D eigenvalue weighted by Gasteiger charge is 2.31. The highest BCUT2D eigenvalue weighted by atomic mass is 19.1. The highest BCUT2D eigenvalue weighted by Crippen LogP contribution is 2.32. The predicted molar refractivity (Wildman–Crippen MR) is 67.5 cm³/mol. The molecular weight excluding hydrogens is 271 g/mol. The van der Waals surface area contributed by atoms with Crippen molar-refractivity contribution in [2.24, 2.45) is 0 Å². The van der Waals surface area contributed by atoms with E-state index in [0.29, 0.717) is 18.9 Å². The monoisotopic (exact) mass is 284 g/mol. The Labute approximate surface area is 113 Å².